The Morgan fingerprint density at radius 3 is 2.75 bits per heavy atom. The predicted octanol–water partition coefficient (Wildman–Crippen LogP) is 2.18. The summed E-state index contributed by atoms with van der Waals surface area (Å²) in [6.45, 7) is 2.43. The summed E-state index contributed by atoms with van der Waals surface area (Å²) in [5.41, 5.74) is 3.24. The van der Waals surface area contributed by atoms with Gasteiger partial charge in [0.1, 0.15) is 11.6 Å². The Hall–Kier alpha value is -1.99. The fraction of sp³-hybridized carbons (Fsp3) is 0.412. The average Bonchev–Trinajstić information content (AvgIpc) is 2.59. The van der Waals surface area contributed by atoms with Gasteiger partial charge in [0.2, 0.25) is 10.0 Å². The smallest absolute Gasteiger partial charge is 0.240 e. The Morgan fingerprint density at radius 1 is 1.17 bits per heavy atom. The molecular formula is C17H22N4O2S. The lowest BCUT2D eigenvalue weighted by atomic mass is 9.96. The van der Waals surface area contributed by atoms with Gasteiger partial charge in [0, 0.05) is 17.8 Å². The number of hydrogen-bond acceptors (Lipinski definition) is 5. The van der Waals surface area contributed by atoms with Crippen LogP contribution in [0.4, 0.5) is 5.82 Å². The third kappa shape index (κ3) is 3.57. The van der Waals surface area contributed by atoms with Crippen LogP contribution in [0.2, 0.25) is 0 Å². The van der Waals surface area contributed by atoms with Crippen LogP contribution in [0.1, 0.15) is 35.5 Å². The van der Waals surface area contributed by atoms with Crippen LogP contribution in [0.25, 0.3) is 0 Å². The van der Waals surface area contributed by atoms with E-state index >= 15 is 0 Å². The van der Waals surface area contributed by atoms with E-state index < -0.39 is 10.0 Å². The number of rotatable bonds is 5. The highest BCUT2D eigenvalue weighted by Crippen LogP contribution is 2.25. The molecular weight excluding hydrogens is 324 g/mol. The van der Waals surface area contributed by atoms with Crippen molar-refractivity contribution in [2.24, 2.45) is 0 Å². The molecule has 0 radical (unpaired) electrons. The number of fused-ring (bicyclic) bond motifs is 1. The first-order valence-corrected chi connectivity index (χ1v) is 9.60. The van der Waals surface area contributed by atoms with E-state index in [0.717, 1.165) is 42.2 Å². The largest absolute Gasteiger partial charge is 0.366 e. The van der Waals surface area contributed by atoms with Gasteiger partial charge in [-0.1, -0.05) is 12.1 Å². The normalized spacial score (nSPS) is 14.2. The third-order valence-corrected chi connectivity index (χ3v) is 5.64. The molecule has 3 rings (SSSR count). The summed E-state index contributed by atoms with van der Waals surface area (Å²) in [5.74, 6) is 1.64. The van der Waals surface area contributed by atoms with Gasteiger partial charge in [-0.3, -0.25) is 0 Å². The molecule has 0 fully saturated rings. The van der Waals surface area contributed by atoms with E-state index in [-0.39, 0.29) is 4.90 Å². The average molecular weight is 346 g/mol. The van der Waals surface area contributed by atoms with E-state index in [9.17, 15) is 8.42 Å². The lowest BCUT2D eigenvalue weighted by Crippen LogP contribution is -2.19. The first kappa shape index (κ1) is 16.9. The standard InChI is InChI=1S/C17H22N4O2S/c1-12-20-16-9-4-3-8-15(16)17(21-12)19-11-13-6-5-7-14(10-13)24(22,23)18-2/h5-7,10,18H,3-4,8-9,11H2,1-2H3,(H,19,20,21). The quantitative estimate of drug-likeness (QED) is 0.867. The summed E-state index contributed by atoms with van der Waals surface area (Å²) in [6, 6.07) is 6.93. The van der Waals surface area contributed by atoms with Crippen LogP contribution in [0.5, 0.6) is 0 Å². The molecule has 0 spiro atoms. The number of aryl methyl sites for hydroxylation is 2. The van der Waals surface area contributed by atoms with Crippen LogP contribution in [-0.2, 0) is 29.4 Å². The lowest BCUT2D eigenvalue weighted by molar-refractivity contribution is 0.588. The van der Waals surface area contributed by atoms with Gasteiger partial charge in [-0.15, -0.1) is 0 Å². The fourth-order valence-electron chi connectivity index (χ4n) is 2.99. The van der Waals surface area contributed by atoms with Gasteiger partial charge in [-0.05, 0) is 57.4 Å². The van der Waals surface area contributed by atoms with Crippen molar-refractivity contribution in [3.63, 3.8) is 0 Å². The molecule has 2 aromatic rings. The molecule has 1 aliphatic carbocycles. The molecule has 128 valence electrons. The number of nitrogens with zero attached hydrogens (tertiary/aromatic N) is 2. The summed E-state index contributed by atoms with van der Waals surface area (Å²) in [5, 5.41) is 3.36. The monoisotopic (exact) mass is 346 g/mol. The number of benzene rings is 1. The van der Waals surface area contributed by atoms with Gasteiger partial charge in [-0.25, -0.2) is 23.1 Å². The molecule has 0 saturated carbocycles. The second-order valence-corrected chi connectivity index (χ2v) is 7.85. The molecule has 0 atom stereocenters. The minimum absolute atomic E-state index is 0.269. The molecule has 7 heteroatoms. The molecule has 1 aromatic heterocycles. The maximum absolute atomic E-state index is 11.9. The van der Waals surface area contributed by atoms with Crippen molar-refractivity contribution >= 4 is 15.8 Å². The first-order valence-electron chi connectivity index (χ1n) is 8.12. The second kappa shape index (κ2) is 6.86. The molecule has 0 unspecified atom stereocenters. The highest BCUT2D eigenvalue weighted by atomic mass is 32.2. The van der Waals surface area contributed by atoms with Crippen LogP contribution in [-0.4, -0.2) is 25.4 Å². The third-order valence-electron chi connectivity index (χ3n) is 4.23. The minimum Gasteiger partial charge on any atom is -0.366 e. The minimum atomic E-state index is -3.43. The number of anilines is 1. The van der Waals surface area contributed by atoms with Crippen molar-refractivity contribution < 1.29 is 8.42 Å². The van der Waals surface area contributed by atoms with Crippen molar-refractivity contribution in [1.29, 1.82) is 0 Å². The maximum atomic E-state index is 11.9. The molecule has 0 amide bonds. The molecule has 24 heavy (non-hydrogen) atoms. The van der Waals surface area contributed by atoms with E-state index in [1.807, 2.05) is 13.0 Å². The maximum Gasteiger partial charge on any atom is 0.240 e. The van der Waals surface area contributed by atoms with Crippen molar-refractivity contribution in [2.75, 3.05) is 12.4 Å². The molecule has 0 saturated heterocycles. The lowest BCUT2D eigenvalue weighted by Gasteiger charge is -2.19. The zero-order valence-electron chi connectivity index (χ0n) is 14.0. The van der Waals surface area contributed by atoms with E-state index in [0.29, 0.717) is 6.54 Å². The van der Waals surface area contributed by atoms with Crippen LogP contribution in [0.3, 0.4) is 0 Å². The van der Waals surface area contributed by atoms with E-state index in [1.54, 1.807) is 18.2 Å². The van der Waals surface area contributed by atoms with Crippen LogP contribution < -0.4 is 10.0 Å². The summed E-state index contributed by atoms with van der Waals surface area (Å²) in [6.07, 6.45) is 4.33. The van der Waals surface area contributed by atoms with Crippen LogP contribution in [0.15, 0.2) is 29.2 Å². The van der Waals surface area contributed by atoms with E-state index in [2.05, 4.69) is 20.0 Å². The van der Waals surface area contributed by atoms with Gasteiger partial charge >= 0.3 is 0 Å². The number of sulfonamides is 1. The van der Waals surface area contributed by atoms with Gasteiger partial charge in [0.05, 0.1) is 4.90 Å². The van der Waals surface area contributed by atoms with Gasteiger partial charge in [0.25, 0.3) is 0 Å². The SMILES string of the molecule is CNS(=O)(=O)c1cccc(CNc2nc(C)nc3c2CCCC3)c1. The number of aromatic nitrogens is 2. The van der Waals surface area contributed by atoms with E-state index in [4.69, 9.17) is 0 Å². The van der Waals surface area contributed by atoms with E-state index in [1.165, 1.54) is 19.0 Å². The Labute approximate surface area is 142 Å². The number of nitrogens with one attached hydrogen (secondary N) is 2. The Morgan fingerprint density at radius 2 is 1.96 bits per heavy atom. The summed E-state index contributed by atoms with van der Waals surface area (Å²) in [7, 11) is -2.02. The van der Waals surface area contributed by atoms with Crippen molar-refractivity contribution in [3.05, 3.63) is 46.9 Å². The summed E-state index contributed by atoms with van der Waals surface area (Å²) in [4.78, 5) is 9.35. The Balaban J connectivity index is 1.82. The van der Waals surface area contributed by atoms with Crippen LogP contribution >= 0.6 is 0 Å². The van der Waals surface area contributed by atoms with Crippen LogP contribution in [0, 0.1) is 6.92 Å². The van der Waals surface area contributed by atoms with Crippen molar-refractivity contribution in [2.45, 2.75) is 44.0 Å². The summed E-state index contributed by atoms with van der Waals surface area (Å²) < 4.78 is 26.2. The molecule has 0 bridgehead atoms. The fourth-order valence-corrected chi connectivity index (χ4v) is 3.79. The first-order chi connectivity index (χ1) is 11.5. The zero-order valence-corrected chi connectivity index (χ0v) is 14.8. The highest BCUT2D eigenvalue weighted by Gasteiger charge is 2.17. The molecule has 1 aliphatic rings. The van der Waals surface area contributed by atoms with Gasteiger partial charge < -0.3 is 5.32 Å². The molecule has 6 nitrogen and oxygen atoms in total. The molecule has 2 N–H and O–H groups in total. The predicted molar refractivity (Wildman–Crippen MR) is 93.4 cm³/mol. The van der Waals surface area contributed by atoms with Crippen molar-refractivity contribution in [1.82, 2.24) is 14.7 Å². The summed E-state index contributed by atoms with van der Waals surface area (Å²) >= 11 is 0. The van der Waals surface area contributed by atoms with Gasteiger partial charge in [-0.2, -0.15) is 0 Å². The number of hydrogen-bond donors (Lipinski definition) is 2. The Bertz CT molecular complexity index is 850. The molecule has 1 heterocycles. The zero-order chi connectivity index (χ0) is 17.2. The Kier molecular flexibility index (Phi) is 4.82. The second-order valence-electron chi connectivity index (χ2n) is 5.96. The molecule has 0 aliphatic heterocycles. The molecule has 1 aromatic carbocycles. The van der Waals surface area contributed by atoms with Crippen molar-refractivity contribution in [3.8, 4) is 0 Å². The highest BCUT2D eigenvalue weighted by molar-refractivity contribution is 7.89. The van der Waals surface area contributed by atoms with Gasteiger partial charge in [0.15, 0.2) is 0 Å². The topological polar surface area (TPSA) is 84.0 Å².